The number of thiophene rings is 1. The van der Waals surface area contributed by atoms with E-state index in [1.165, 1.54) is 17.4 Å². The second-order valence-electron chi connectivity index (χ2n) is 4.29. The second kappa shape index (κ2) is 4.96. The molecule has 0 spiro atoms. The van der Waals surface area contributed by atoms with E-state index in [0.29, 0.717) is 4.88 Å². The maximum atomic E-state index is 13.8. The van der Waals surface area contributed by atoms with Crippen molar-refractivity contribution in [1.82, 2.24) is 0 Å². The van der Waals surface area contributed by atoms with Crippen LogP contribution in [0.2, 0.25) is 0 Å². The molecular formula is C14H14F2S. The van der Waals surface area contributed by atoms with Gasteiger partial charge in [0.1, 0.15) is 12.5 Å². The van der Waals surface area contributed by atoms with Gasteiger partial charge in [-0.1, -0.05) is 26.0 Å². The van der Waals surface area contributed by atoms with Crippen LogP contribution >= 0.6 is 11.3 Å². The van der Waals surface area contributed by atoms with E-state index < -0.39 is 6.67 Å². The molecule has 90 valence electrons. The highest BCUT2D eigenvalue weighted by Crippen LogP contribution is 2.31. The van der Waals surface area contributed by atoms with E-state index in [9.17, 15) is 8.78 Å². The first-order valence-corrected chi connectivity index (χ1v) is 6.38. The molecule has 0 amide bonds. The van der Waals surface area contributed by atoms with Crippen molar-refractivity contribution in [1.29, 1.82) is 0 Å². The minimum Gasteiger partial charge on any atom is -0.245 e. The molecule has 17 heavy (non-hydrogen) atoms. The number of hydrogen-bond donors (Lipinski definition) is 0. The van der Waals surface area contributed by atoms with Gasteiger partial charge in [-0.15, -0.1) is 11.3 Å². The van der Waals surface area contributed by atoms with Crippen molar-refractivity contribution in [3.63, 3.8) is 0 Å². The van der Waals surface area contributed by atoms with Gasteiger partial charge in [0.15, 0.2) is 0 Å². The summed E-state index contributed by atoms with van der Waals surface area (Å²) in [5.41, 5.74) is 1.53. The number of hydrogen-bond acceptors (Lipinski definition) is 1. The summed E-state index contributed by atoms with van der Waals surface area (Å²) in [7, 11) is 0. The van der Waals surface area contributed by atoms with Gasteiger partial charge in [-0.25, -0.2) is 8.78 Å². The van der Waals surface area contributed by atoms with E-state index in [-0.39, 0.29) is 11.7 Å². The molecule has 0 N–H and O–H groups in total. The van der Waals surface area contributed by atoms with Crippen LogP contribution in [0.1, 0.15) is 30.2 Å². The Bertz CT molecular complexity index is 515. The summed E-state index contributed by atoms with van der Waals surface area (Å²) < 4.78 is 26.2. The van der Waals surface area contributed by atoms with Crippen LogP contribution in [-0.4, -0.2) is 0 Å². The summed E-state index contributed by atoms with van der Waals surface area (Å²) in [5.74, 6) is -0.0125. The molecule has 0 fully saturated rings. The van der Waals surface area contributed by atoms with Crippen molar-refractivity contribution < 1.29 is 8.78 Å². The summed E-state index contributed by atoms with van der Waals surface area (Å²) in [6.45, 7) is 3.46. The molecule has 3 heteroatoms. The Kier molecular flexibility index (Phi) is 3.57. The topological polar surface area (TPSA) is 0 Å². The number of rotatable bonds is 3. The normalized spacial score (nSPS) is 11.1. The molecule has 1 aromatic heterocycles. The zero-order chi connectivity index (χ0) is 12.4. The zero-order valence-corrected chi connectivity index (χ0v) is 10.7. The van der Waals surface area contributed by atoms with Crippen molar-refractivity contribution in [2.45, 2.75) is 26.4 Å². The fourth-order valence-corrected chi connectivity index (χ4v) is 2.61. The lowest BCUT2D eigenvalue weighted by molar-refractivity contribution is 0.491. The SMILES string of the molecule is CC(C)c1ccc(-c2ccc(CF)s2)cc1F. The molecule has 0 unspecified atom stereocenters. The first-order valence-electron chi connectivity index (χ1n) is 5.56. The largest absolute Gasteiger partial charge is 0.245 e. The fourth-order valence-electron chi connectivity index (χ4n) is 1.75. The van der Waals surface area contributed by atoms with Crippen molar-refractivity contribution in [2.24, 2.45) is 0 Å². The maximum absolute atomic E-state index is 13.8. The Morgan fingerprint density at radius 2 is 1.94 bits per heavy atom. The molecular weight excluding hydrogens is 238 g/mol. The van der Waals surface area contributed by atoms with Crippen molar-refractivity contribution in [3.05, 3.63) is 46.6 Å². The first kappa shape index (κ1) is 12.2. The van der Waals surface area contributed by atoms with Gasteiger partial charge in [-0.2, -0.15) is 0 Å². The predicted molar refractivity (Wildman–Crippen MR) is 68.6 cm³/mol. The number of halogens is 2. The molecule has 0 saturated carbocycles. The van der Waals surface area contributed by atoms with E-state index in [1.54, 1.807) is 6.07 Å². The van der Waals surface area contributed by atoms with Gasteiger partial charge in [0.2, 0.25) is 0 Å². The third-order valence-corrected chi connectivity index (χ3v) is 3.80. The fraction of sp³-hybridized carbons (Fsp3) is 0.286. The summed E-state index contributed by atoms with van der Waals surface area (Å²) in [4.78, 5) is 1.58. The minimum atomic E-state index is -0.461. The molecule has 0 bridgehead atoms. The third kappa shape index (κ3) is 2.55. The lowest BCUT2D eigenvalue weighted by atomic mass is 10.0. The van der Waals surface area contributed by atoms with E-state index in [1.807, 2.05) is 32.0 Å². The van der Waals surface area contributed by atoms with Gasteiger partial charge in [-0.3, -0.25) is 0 Å². The van der Waals surface area contributed by atoms with Crippen LogP contribution in [0, 0.1) is 5.82 Å². The quantitative estimate of drug-likeness (QED) is 0.709. The predicted octanol–water partition coefficient (Wildman–Crippen LogP) is 5.15. The van der Waals surface area contributed by atoms with E-state index in [2.05, 4.69) is 0 Å². The smallest absolute Gasteiger partial charge is 0.127 e. The standard InChI is InChI=1S/C14H14F2S/c1-9(2)12-5-3-10(7-13(12)16)14-6-4-11(8-15)17-14/h3-7,9H,8H2,1-2H3. The van der Waals surface area contributed by atoms with E-state index >= 15 is 0 Å². The van der Waals surface area contributed by atoms with Crippen LogP contribution in [-0.2, 0) is 6.67 Å². The molecule has 2 aromatic rings. The molecule has 0 aliphatic rings. The minimum absolute atomic E-state index is 0.175. The summed E-state index contributed by atoms with van der Waals surface area (Å²) in [5, 5.41) is 0. The van der Waals surface area contributed by atoms with Gasteiger partial charge in [0.05, 0.1) is 0 Å². The number of benzene rings is 1. The molecule has 1 heterocycles. The molecule has 2 rings (SSSR count). The van der Waals surface area contributed by atoms with Gasteiger partial charge in [0, 0.05) is 9.75 Å². The lowest BCUT2D eigenvalue weighted by Crippen LogP contribution is -1.92. The highest BCUT2D eigenvalue weighted by atomic mass is 32.1. The average molecular weight is 252 g/mol. The van der Waals surface area contributed by atoms with Gasteiger partial charge >= 0.3 is 0 Å². The van der Waals surface area contributed by atoms with Gasteiger partial charge in [-0.05, 0) is 35.2 Å². The van der Waals surface area contributed by atoms with Crippen LogP contribution in [0.3, 0.4) is 0 Å². The second-order valence-corrected chi connectivity index (χ2v) is 5.46. The Hall–Kier alpha value is -1.22. The van der Waals surface area contributed by atoms with Crippen LogP contribution < -0.4 is 0 Å². The highest BCUT2D eigenvalue weighted by Gasteiger charge is 2.09. The third-order valence-electron chi connectivity index (χ3n) is 2.70. The Morgan fingerprint density at radius 1 is 1.18 bits per heavy atom. The van der Waals surface area contributed by atoms with Crippen LogP contribution in [0.25, 0.3) is 10.4 Å². The molecule has 0 saturated heterocycles. The van der Waals surface area contributed by atoms with Crippen LogP contribution in [0.5, 0.6) is 0 Å². The summed E-state index contributed by atoms with van der Waals surface area (Å²) >= 11 is 1.37. The average Bonchev–Trinajstić information content (AvgIpc) is 2.76. The molecule has 0 nitrogen and oxygen atoms in total. The lowest BCUT2D eigenvalue weighted by Gasteiger charge is -2.08. The molecule has 0 aliphatic carbocycles. The Balaban J connectivity index is 2.37. The van der Waals surface area contributed by atoms with E-state index in [0.717, 1.165) is 16.0 Å². The molecule has 0 aliphatic heterocycles. The van der Waals surface area contributed by atoms with Crippen molar-refractivity contribution in [3.8, 4) is 10.4 Å². The maximum Gasteiger partial charge on any atom is 0.127 e. The van der Waals surface area contributed by atoms with E-state index in [4.69, 9.17) is 0 Å². The monoisotopic (exact) mass is 252 g/mol. The molecule has 0 atom stereocenters. The Morgan fingerprint density at radius 3 is 2.47 bits per heavy atom. The van der Waals surface area contributed by atoms with Crippen molar-refractivity contribution >= 4 is 11.3 Å². The first-order chi connectivity index (χ1) is 8.11. The highest BCUT2D eigenvalue weighted by molar-refractivity contribution is 7.15. The van der Waals surface area contributed by atoms with Gasteiger partial charge < -0.3 is 0 Å². The molecule has 0 radical (unpaired) electrons. The van der Waals surface area contributed by atoms with Crippen LogP contribution in [0.4, 0.5) is 8.78 Å². The molecule has 1 aromatic carbocycles. The Labute approximate surface area is 104 Å². The van der Waals surface area contributed by atoms with Crippen LogP contribution in [0.15, 0.2) is 30.3 Å². The zero-order valence-electron chi connectivity index (χ0n) is 9.84. The summed E-state index contributed by atoms with van der Waals surface area (Å²) in [6.07, 6.45) is 0. The van der Waals surface area contributed by atoms with Gasteiger partial charge in [0.25, 0.3) is 0 Å². The number of alkyl halides is 1. The summed E-state index contributed by atoms with van der Waals surface area (Å²) in [6, 6.07) is 8.82. The van der Waals surface area contributed by atoms with Crippen molar-refractivity contribution in [2.75, 3.05) is 0 Å².